The third kappa shape index (κ3) is 36.5. The highest BCUT2D eigenvalue weighted by Crippen LogP contribution is 2.17. The summed E-state index contributed by atoms with van der Waals surface area (Å²) < 4.78 is 0. The van der Waals surface area contributed by atoms with Gasteiger partial charge < -0.3 is 0 Å². The second kappa shape index (κ2) is 36.5. The van der Waals surface area contributed by atoms with Crippen LogP contribution in [0.5, 0.6) is 0 Å². The predicted octanol–water partition coefficient (Wildman–Crippen LogP) is 14.7. The van der Waals surface area contributed by atoms with Gasteiger partial charge in [-0.1, -0.05) is 235 Å². The third-order valence-corrected chi connectivity index (χ3v) is 9.05. The average molecular weight is 586 g/mol. The van der Waals surface area contributed by atoms with Crippen molar-refractivity contribution in [1.82, 2.24) is 0 Å². The van der Waals surface area contributed by atoms with E-state index in [4.69, 9.17) is 0 Å². The van der Waals surface area contributed by atoms with Crippen molar-refractivity contribution in [3.8, 4) is 0 Å². The van der Waals surface area contributed by atoms with E-state index in [1.165, 1.54) is 224 Å². The van der Waals surface area contributed by atoms with Crippen LogP contribution in [-0.2, 0) is 0 Å². The molecule has 0 saturated heterocycles. The maximum absolute atomic E-state index is 3.52. The number of alkyl halides is 1. The lowest BCUT2D eigenvalue weighted by atomic mass is 10.0. The van der Waals surface area contributed by atoms with E-state index in [9.17, 15) is 0 Å². The van der Waals surface area contributed by atoms with Crippen molar-refractivity contribution in [2.45, 2.75) is 225 Å². The molecule has 0 atom stereocenters. The Hall–Kier alpha value is 0.480. The highest BCUT2D eigenvalue weighted by molar-refractivity contribution is 9.09. The van der Waals surface area contributed by atoms with E-state index in [2.05, 4.69) is 22.9 Å². The van der Waals surface area contributed by atoms with Gasteiger partial charge in [-0.3, -0.25) is 0 Å². The summed E-state index contributed by atoms with van der Waals surface area (Å²) in [5.41, 5.74) is 0. The minimum Gasteiger partial charge on any atom is -0.0928 e. The molecule has 0 amide bonds. The Bertz CT molecular complexity index is 332. The molecule has 0 bridgehead atoms. The largest absolute Gasteiger partial charge is 0.0928 e. The maximum Gasteiger partial charge on any atom is 0.00313 e. The molecule has 37 heavy (non-hydrogen) atoms. The fraction of sp³-hybridized carbons (Fsp3) is 1.00. The van der Waals surface area contributed by atoms with Gasteiger partial charge in [0, 0.05) is 5.33 Å². The van der Waals surface area contributed by atoms with Gasteiger partial charge in [-0.25, -0.2) is 0 Å². The maximum atomic E-state index is 3.52. The van der Waals surface area contributed by atoms with Crippen LogP contribution in [0.4, 0.5) is 0 Å². The molecular weight excluding hydrogens is 512 g/mol. The first-order valence-electron chi connectivity index (χ1n) is 18.0. The standard InChI is InChI=1S/C36H73Br/c1-2-3-4-5-6-7-8-9-10-11-12-13-14-15-16-17-18-19-20-21-22-23-24-25-26-27-28-29-30-31-32-33-34-35-36-37/h2-36H2,1H3. The second-order valence-corrected chi connectivity index (χ2v) is 13.1. The van der Waals surface area contributed by atoms with Crippen LogP contribution in [0.2, 0.25) is 0 Å². The van der Waals surface area contributed by atoms with Crippen LogP contribution in [-0.4, -0.2) is 5.33 Å². The predicted molar refractivity (Wildman–Crippen MR) is 176 cm³/mol. The lowest BCUT2D eigenvalue weighted by Crippen LogP contribution is -1.85. The first kappa shape index (κ1) is 37.5. The van der Waals surface area contributed by atoms with Gasteiger partial charge in [0.2, 0.25) is 0 Å². The number of unbranched alkanes of at least 4 members (excludes halogenated alkanes) is 33. The number of halogens is 1. The Balaban J connectivity index is 3.00. The van der Waals surface area contributed by atoms with Gasteiger partial charge in [0.1, 0.15) is 0 Å². The van der Waals surface area contributed by atoms with Crippen LogP contribution in [0, 0.1) is 0 Å². The van der Waals surface area contributed by atoms with Gasteiger partial charge in [0.05, 0.1) is 0 Å². The lowest BCUT2D eigenvalue weighted by Gasteiger charge is -2.05. The van der Waals surface area contributed by atoms with E-state index >= 15 is 0 Å². The lowest BCUT2D eigenvalue weighted by molar-refractivity contribution is 0.511. The number of rotatable bonds is 34. The molecule has 0 fully saturated rings. The Kier molecular flexibility index (Phi) is 37.0. The normalized spacial score (nSPS) is 11.5. The van der Waals surface area contributed by atoms with Crippen molar-refractivity contribution < 1.29 is 0 Å². The number of hydrogen-bond acceptors (Lipinski definition) is 0. The van der Waals surface area contributed by atoms with Crippen molar-refractivity contribution in [1.29, 1.82) is 0 Å². The molecule has 0 nitrogen and oxygen atoms in total. The molecule has 0 rings (SSSR count). The Morgan fingerprint density at radius 1 is 0.216 bits per heavy atom. The van der Waals surface area contributed by atoms with E-state index in [0.29, 0.717) is 0 Å². The van der Waals surface area contributed by atoms with Gasteiger partial charge in [-0.05, 0) is 6.42 Å². The molecule has 1 heteroatoms. The Morgan fingerprint density at radius 2 is 0.351 bits per heavy atom. The summed E-state index contributed by atoms with van der Waals surface area (Å²) in [7, 11) is 0. The van der Waals surface area contributed by atoms with Gasteiger partial charge in [0.15, 0.2) is 0 Å². The summed E-state index contributed by atoms with van der Waals surface area (Å²) in [6, 6.07) is 0. The molecule has 0 saturated carbocycles. The zero-order chi connectivity index (χ0) is 26.7. The van der Waals surface area contributed by atoms with Gasteiger partial charge in [0.25, 0.3) is 0 Å². The molecule has 0 aromatic rings. The second-order valence-electron chi connectivity index (χ2n) is 12.4. The average Bonchev–Trinajstić information content (AvgIpc) is 2.91. The fourth-order valence-corrected chi connectivity index (χ4v) is 6.22. The Morgan fingerprint density at radius 3 is 0.486 bits per heavy atom. The monoisotopic (exact) mass is 584 g/mol. The molecule has 0 N–H and O–H groups in total. The quantitative estimate of drug-likeness (QED) is 0.0520. The molecule has 0 aliphatic heterocycles. The van der Waals surface area contributed by atoms with Crippen molar-refractivity contribution in [3.63, 3.8) is 0 Å². The van der Waals surface area contributed by atoms with Crippen molar-refractivity contribution in [2.24, 2.45) is 0 Å². The van der Waals surface area contributed by atoms with Crippen LogP contribution in [0.3, 0.4) is 0 Å². The molecule has 0 aliphatic rings. The highest BCUT2D eigenvalue weighted by Gasteiger charge is 1.97. The van der Waals surface area contributed by atoms with Crippen molar-refractivity contribution >= 4 is 15.9 Å². The summed E-state index contributed by atoms with van der Waals surface area (Å²) in [4.78, 5) is 0. The first-order valence-corrected chi connectivity index (χ1v) is 19.1. The topological polar surface area (TPSA) is 0 Å². The molecule has 0 aliphatic carbocycles. The molecular formula is C36H73Br. The minimum absolute atomic E-state index is 1.19. The van der Waals surface area contributed by atoms with E-state index < -0.39 is 0 Å². The molecule has 0 aromatic heterocycles. The van der Waals surface area contributed by atoms with E-state index in [-0.39, 0.29) is 0 Å². The summed E-state index contributed by atoms with van der Waals surface area (Å²) in [6.45, 7) is 2.31. The zero-order valence-corrected chi connectivity index (χ0v) is 27.7. The molecule has 0 radical (unpaired) electrons. The molecule has 0 unspecified atom stereocenters. The van der Waals surface area contributed by atoms with Crippen LogP contribution in [0.15, 0.2) is 0 Å². The van der Waals surface area contributed by atoms with Crippen molar-refractivity contribution in [2.75, 3.05) is 5.33 Å². The smallest absolute Gasteiger partial charge is 0.00313 e. The summed E-state index contributed by atoms with van der Waals surface area (Å²) in [6.07, 6.45) is 50.2. The Labute approximate surface area is 245 Å². The number of hydrogen-bond donors (Lipinski definition) is 0. The molecule has 0 spiro atoms. The molecule has 0 heterocycles. The SMILES string of the molecule is CCCCCCCCCCCCCCCCCCCCCCCCCCCCCCCCCCCCBr. The van der Waals surface area contributed by atoms with Crippen LogP contribution >= 0.6 is 15.9 Å². The minimum atomic E-state index is 1.19. The fourth-order valence-electron chi connectivity index (χ4n) is 5.82. The van der Waals surface area contributed by atoms with E-state index in [1.807, 2.05) is 0 Å². The first-order chi connectivity index (χ1) is 18.4. The highest BCUT2D eigenvalue weighted by atomic mass is 79.9. The van der Waals surface area contributed by atoms with Crippen LogP contribution in [0.25, 0.3) is 0 Å². The zero-order valence-electron chi connectivity index (χ0n) is 26.1. The van der Waals surface area contributed by atoms with Crippen LogP contribution < -0.4 is 0 Å². The van der Waals surface area contributed by atoms with Gasteiger partial charge in [-0.2, -0.15) is 0 Å². The summed E-state index contributed by atoms with van der Waals surface area (Å²) in [5.74, 6) is 0. The van der Waals surface area contributed by atoms with Gasteiger partial charge in [-0.15, -0.1) is 0 Å². The third-order valence-electron chi connectivity index (χ3n) is 8.49. The van der Waals surface area contributed by atoms with Crippen LogP contribution in [0.1, 0.15) is 225 Å². The summed E-state index contributed by atoms with van der Waals surface area (Å²) in [5, 5.41) is 1.19. The van der Waals surface area contributed by atoms with Crippen molar-refractivity contribution in [3.05, 3.63) is 0 Å². The van der Waals surface area contributed by atoms with Gasteiger partial charge >= 0.3 is 0 Å². The molecule has 0 aromatic carbocycles. The summed E-state index contributed by atoms with van der Waals surface area (Å²) >= 11 is 3.52. The van der Waals surface area contributed by atoms with E-state index in [1.54, 1.807) is 0 Å². The molecule has 224 valence electrons. The van der Waals surface area contributed by atoms with E-state index in [0.717, 1.165) is 0 Å².